The summed E-state index contributed by atoms with van der Waals surface area (Å²) in [4.78, 5) is 14.6. The topological polar surface area (TPSA) is 29.1 Å². The molecule has 1 aliphatic rings. The monoisotopic (exact) mass is 237 g/mol. The molecule has 1 atom stereocenters. The molecule has 2 nitrogen and oxygen atoms in total. The lowest BCUT2D eigenvalue weighted by Gasteiger charge is -2.21. The molecule has 88 valence electrons. The van der Waals surface area contributed by atoms with Gasteiger partial charge < -0.3 is 5.32 Å². The second-order valence-corrected chi connectivity index (χ2v) is 5.62. The number of carbonyl (C=O) groups excluding carboxylic acids is 1. The van der Waals surface area contributed by atoms with Gasteiger partial charge in [-0.05, 0) is 37.9 Å². The molecule has 1 saturated heterocycles. The van der Waals surface area contributed by atoms with Crippen LogP contribution in [0.3, 0.4) is 0 Å². The Morgan fingerprint density at radius 3 is 2.88 bits per heavy atom. The molecule has 0 bridgehead atoms. The van der Waals surface area contributed by atoms with Gasteiger partial charge >= 0.3 is 0 Å². The quantitative estimate of drug-likeness (QED) is 0.872. The summed E-state index contributed by atoms with van der Waals surface area (Å²) in [5.74, 6) is 0.365. The Labute approximate surface area is 101 Å². The number of piperidine rings is 1. The van der Waals surface area contributed by atoms with E-state index in [4.69, 9.17) is 0 Å². The van der Waals surface area contributed by atoms with Gasteiger partial charge in [0, 0.05) is 16.2 Å². The first-order valence-electron chi connectivity index (χ1n) is 6.13. The van der Waals surface area contributed by atoms with E-state index in [1.807, 2.05) is 0 Å². The first-order chi connectivity index (χ1) is 7.79. The fourth-order valence-electron chi connectivity index (χ4n) is 2.13. The molecule has 1 aromatic heterocycles. The molecule has 1 N–H and O–H groups in total. The SMILES string of the molecule is CCc1ccc(CC(=O)C2CCCCN2)s1. The van der Waals surface area contributed by atoms with Crippen LogP contribution < -0.4 is 5.32 Å². The van der Waals surface area contributed by atoms with Gasteiger partial charge in [0.05, 0.1) is 6.04 Å². The standard InChI is InChI=1S/C13H19NOS/c1-2-10-6-7-11(16-10)9-13(15)12-5-3-4-8-14-12/h6-7,12,14H,2-5,8-9H2,1H3. The van der Waals surface area contributed by atoms with Crippen LogP contribution in [0.5, 0.6) is 0 Å². The van der Waals surface area contributed by atoms with Crippen LogP contribution in [-0.2, 0) is 17.6 Å². The predicted molar refractivity (Wildman–Crippen MR) is 68.0 cm³/mol. The van der Waals surface area contributed by atoms with Crippen molar-refractivity contribution in [2.45, 2.75) is 45.1 Å². The third kappa shape index (κ3) is 2.92. The summed E-state index contributed by atoms with van der Waals surface area (Å²) >= 11 is 1.78. The van der Waals surface area contributed by atoms with E-state index in [1.165, 1.54) is 22.6 Å². The zero-order valence-electron chi connectivity index (χ0n) is 9.79. The molecule has 0 aliphatic carbocycles. The fourth-order valence-corrected chi connectivity index (χ4v) is 3.10. The van der Waals surface area contributed by atoms with E-state index in [1.54, 1.807) is 11.3 Å². The summed E-state index contributed by atoms with van der Waals surface area (Å²) in [6.07, 6.45) is 5.10. The third-order valence-corrected chi connectivity index (χ3v) is 4.34. The number of ketones is 1. The van der Waals surface area contributed by atoms with E-state index in [9.17, 15) is 4.79 Å². The minimum Gasteiger partial charge on any atom is -0.307 e. The highest BCUT2D eigenvalue weighted by molar-refractivity contribution is 7.12. The highest BCUT2D eigenvalue weighted by Crippen LogP contribution is 2.19. The van der Waals surface area contributed by atoms with Crippen molar-refractivity contribution >= 4 is 17.1 Å². The molecule has 2 heterocycles. The van der Waals surface area contributed by atoms with Crippen molar-refractivity contribution in [2.75, 3.05) is 6.54 Å². The number of nitrogens with one attached hydrogen (secondary N) is 1. The molecular weight excluding hydrogens is 218 g/mol. The second-order valence-electron chi connectivity index (χ2n) is 4.37. The van der Waals surface area contributed by atoms with Gasteiger partial charge in [-0.25, -0.2) is 0 Å². The lowest BCUT2D eigenvalue weighted by Crippen LogP contribution is -2.41. The van der Waals surface area contributed by atoms with Crippen LogP contribution in [0.15, 0.2) is 12.1 Å². The van der Waals surface area contributed by atoms with Gasteiger partial charge in [-0.15, -0.1) is 11.3 Å². The molecule has 0 radical (unpaired) electrons. The Balaban J connectivity index is 1.90. The highest BCUT2D eigenvalue weighted by atomic mass is 32.1. The largest absolute Gasteiger partial charge is 0.307 e. The maximum Gasteiger partial charge on any atom is 0.154 e. The number of hydrogen-bond acceptors (Lipinski definition) is 3. The Morgan fingerprint density at radius 1 is 1.44 bits per heavy atom. The Bertz CT molecular complexity index is 353. The van der Waals surface area contributed by atoms with Gasteiger partial charge in [0.15, 0.2) is 5.78 Å². The molecule has 1 unspecified atom stereocenters. The number of hydrogen-bond donors (Lipinski definition) is 1. The van der Waals surface area contributed by atoms with Crippen LogP contribution in [0, 0.1) is 0 Å². The average molecular weight is 237 g/mol. The van der Waals surface area contributed by atoms with Crippen molar-refractivity contribution < 1.29 is 4.79 Å². The number of carbonyl (C=O) groups is 1. The van der Waals surface area contributed by atoms with Crippen molar-refractivity contribution in [3.63, 3.8) is 0 Å². The molecule has 1 aromatic rings. The molecule has 1 fully saturated rings. The molecule has 0 saturated carbocycles. The maximum absolute atomic E-state index is 12.0. The van der Waals surface area contributed by atoms with Crippen LogP contribution in [0.2, 0.25) is 0 Å². The highest BCUT2D eigenvalue weighted by Gasteiger charge is 2.20. The van der Waals surface area contributed by atoms with Gasteiger partial charge in [0.25, 0.3) is 0 Å². The van der Waals surface area contributed by atoms with Crippen molar-refractivity contribution in [3.05, 3.63) is 21.9 Å². The van der Waals surface area contributed by atoms with Crippen molar-refractivity contribution in [3.8, 4) is 0 Å². The van der Waals surface area contributed by atoms with Crippen LogP contribution in [0.1, 0.15) is 35.9 Å². The number of Topliss-reactive ketones (excluding diaryl/α,β-unsaturated/α-hetero) is 1. The van der Waals surface area contributed by atoms with E-state index < -0.39 is 0 Å². The van der Waals surface area contributed by atoms with Gasteiger partial charge in [0.1, 0.15) is 0 Å². The third-order valence-electron chi connectivity index (χ3n) is 3.11. The minimum atomic E-state index is 0.112. The van der Waals surface area contributed by atoms with Crippen LogP contribution in [0.4, 0.5) is 0 Å². The van der Waals surface area contributed by atoms with Crippen LogP contribution >= 0.6 is 11.3 Å². The van der Waals surface area contributed by atoms with Gasteiger partial charge in [-0.3, -0.25) is 4.79 Å². The summed E-state index contributed by atoms with van der Waals surface area (Å²) in [7, 11) is 0. The van der Waals surface area contributed by atoms with Crippen molar-refractivity contribution in [1.29, 1.82) is 0 Å². The summed E-state index contributed by atoms with van der Waals surface area (Å²) in [6, 6.07) is 4.35. The summed E-state index contributed by atoms with van der Waals surface area (Å²) in [5, 5.41) is 3.31. The lowest BCUT2D eigenvalue weighted by molar-refractivity contribution is -0.120. The smallest absolute Gasteiger partial charge is 0.154 e. The van der Waals surface area contributed by atoms with Crippen molar-refractivity contribution in [1.82, 2.24) is 5.32 Å². The Hall–Kier alpha value is -0.670. The van der Waals surface area contributed by atoms with Gasteiger partial charge in [-0.1, -0.05) is 13.3 Å². The van der Waals surface area contributed by atoms with E-state index in [0.29, 0.717) is 12.2 Å². The average Bonchev–Trinajstić information content (AvgIpc) is 2.78. The number of aryl methyl sites for hydroxylation is 1. The number of rotatable bonds is 4. The number of thiophene rings is 1. The predicted octanol–water partition coefficient (Wildman–Crippen LogP) is 2.56. The van der Waals surface area contributed by atoms with Gasteiger partial charge in [-0.2, -0.15) is 0 Å². The van der Waals surface area contributed by atoms with Crippen molar-refractivity contribution in [2.24, 2.45) is 0 Å². The maximum atomic E-state index is 12.0. The first-order valence-corrected chi connectivity index (χ1v) is 6.95. The van der Waals surface area contributed by atoms with Crippen LogP contribution in [-0.4, -0.2) is 18.4 Å². The normalized spacial score (nSPS) is 20.9. The van der Waals surface area contributed by atoms with E-state index >= 15 is 0 Å². The molecule has 0 aromatic carbocycles. The summed E-state index contributed by atoms with van der Waals surface area (Å²) < 4.78 is 0. The minimum absolute atomic E-state index is 0.112. The summed E-state index contributed by atoms with van der Waals surface area (Å²) in [5.41, 5.74) is 0. The van der Waals surface area contributed by atoms with E-state index in [-0.39, 0.29) is 6.04 Å². The summed E-state index contributed by atoms with van der Waals surface area (Å²) in [6.45, 7) is 3.15. The first kappa shape index (κ1) is 11.8. The molecule has 3 heteroatoms. The second kappa shape index (κ2) is 5.60. The van der Waals surface area contributed by atoms with Crippen LogP contribution in [0.25, 0.3) is 0 Å². The molecule has 0 spiro atoms. The van der Waals surface area contributed by atoms with E-state index in [0.717, 1.165) is 19.4 Å². The Morgan fingerprint density at radius 2 is 2.25 bits per heavy atom. The molecule has 16 heavy (non-hydrogen) atoms. The van der Waals surface area contributed by atoms with Gasteiger partial charge in [0.2, 0.25) is 0 Å². The molecule has 0 amide bonds. The lowest BCUT2D eigenvalue weighted by atomic mass is 9.99. The zero-order chi connectivity index (χ0) is 11.4. The Kier molecular flexibility index (Phi) is 4.13. The molecular formula is C13H19NOS. The molecule has 2 rings (SSSR count). The van der Waals surface area contributed by atoms with E-state index in [2.05, 4.69) is 24.4 Å². The molecule has 1 aliphatic heterocycles. The zero-order valence-corrected chi connectivity index (χ0v) is 10.6. The fraction of sp³-hybridized carbons (Fsp3) is 0.615.